The quantitative estimate of drug-likeness (QED) is 0.798. The summed E-state index contributed by atoms with van der Waals surface area (Å²) in [5, 5.41) is 5.80. The van der Waals surface area contributed by atoms with Crippen LogP contribution >= 0.6 is 0 Å². The average molecular weight is 282 g/mol. The molecule has 0 saturated heterocycles. The summed E-state index contributed by atoms with van der Waals surface area (Å²) >= 11 is 0. The molecule has 3 heteroatoms. The number of benzene rings is 2. The van der Waals surface area contributed by atoms with Gasteiger partial charge in [-0.05, 0) is 49.4 Å². The molecule has 0 aliphatic carbocycles. The number of hydrogen-bond donors (Lipinski definition) is 2. The van der Waals surface area contributed by atoms with Crippen molar-refractivity contribution in [2.24, 2.45) is 0 Å². The molecule has 2 N–H and O–H groups in total. The van der Waals surface area contributed by atoms with Gasteiger partial charge < -0.3 is 10.6 Å². The molecule has 0 aliphatic rings. The van der Waals surface area contributed by atoms with Gasteiger partial charge in [0.25, 0.3) is 0 Å². The maximum Gasteiger partial charge on any atom is 0.319 e. The SMILES string of the molecule is Cc1cccc(NC(=O)NCCCc2ccccc2)c1C. The summed E-state index contributed by atoms with van der Waals surface area (Å²) in [6.45, 7) is 4.73. The van der Waals surface area contributed by atoms with E-state index in [0.29, 0.717) is 6.54 Å². The number of anilines is 1. The standard InChI is InChI=1S/C18H22N2O/c1-14-8-6-12-17(15(14)2)20-18(21)19-13-7-11-16-9-4-3-5-10-16/h3-6,8-10,12H,7,11,13H2,1-2H3,(H2,19,20,21). The largest absolute Gasteiger partial charge is 0.338 e. The third kappa shape index (κ3) is 4.63. The van der Waals surface area contributed by atoms with Gasteiger partial charge in [0.2, 0.25) is 0 Å². The summed E-state index contributed by atoms with van der Waals surface area (Å²) in [4.78, 5) is 11.9. The van der Waals surface area contributed by atoms with E-state index in [1.165, 1.54) is 11.1 Å². The van der Waals surface area contributed by atoms with Crippen LogP contribution in [0.5, 0.6) is 0 Å². The van der Waals surface area contributed by atoms with E-state index in [1.54, 1.807) is 0 Å². The molecule has 2 amide bonds. The molecule has 0 aromatic heterocycles. The number of amides is 2. The van der Waals surface area contributed by atoms with Crippen LogP contribution in [0.25, 0.3) is 0 Å². The second-order valence-electron chi connectivity index (χ2n) is 5.22. The first-order chi connectivity index (χ1) is 10.2. The lowest BCUT2D eigenvalue weighted by molar-refractivity contribution is 0.252. The minimum atomic E-state index is -0.142. The van der Waals surface area contributed by atoms with Crippen molar-refractivity contribution >= 4 is 11.7 Å². The maximum absolute atomic E-state index is 11.9. The molecule has 110 valence electrons. The van der Waals surface area contributed by atoms with E-state index in [4.69, 9.17) is 0 Å². The summed E-state index contributed by atoms with van der Waals surface area (Å²) in [7, 11) is 0. The van der Waals surface area contributed by atoms with Gasteiger partial charge in [0.15, 0.2) is 0 Å². The van der Waals surface area contributed by atoms with Crippen LogP contribution in [-0.4, -0.2) is 12.6 Å². The Morgan fingerprint density at radius 3 is 2.52 bits per heavy atom. The normalized spacial score (nSPS) is 10.2. The molecule has 0 aliphatic heterocycles. The fraction of sp³-hybridized carbons (Fsp3) is 0.278. The number of carbonyl (C=O) groups excluding carboxylic acids is 1. The first-order valence-corrected chi connectivity index (χ1v) is 7.32. The van der Waals surface area contributed by atoms with Gasteiger partial charge in [0.05, 0.1) is 0 Å². The van der Waals surface area contributed by atoms with Gasteiger partial charge in [0.1, 0.15) is 0 Å². The summed E-state index contributed by atoms with van der Waals surface area (Å²) < 4.78 is 0. The van der Waals surface area contributed by atoms with Crippen molar-refractivity contribution in [2.75, 3.05) is 11.9 Å². The highest BCUT2D eigenvalue weighted by atomic mass is 16.2. The molecule has 0 heterocycles. The van der Waals surface area contributed by atoms with E-state index in [0.717, 1.165) is 24.1 Å². The van der Waals surface area contributed by atoms with Crippen LogP contribution in [0.15, 0.2) is 48.5 Å². The molecule has 2 rings (SSSR count). The predicted octanol–water partition coefficient (Wildman–Crippen LogP) is 4.06. The second kappa shape index (κ2) is 7.48. The monoisotopic (exact) mass is 282 g/mol. The van der Waals surface area contributed by atoms with Gasteiger partial charge in [-0.2, -0.15) is 0 Å². The van der Waals surface area contributed by atoms with Crippen LogP contribution in [0.4, 0.5) is 10.5 Å². The molecule has 0 bridgehead atoms. The number of aryl methyl sites for hydroxylation is 2. The zero-order valence-corrected chi connectivity index (χ0v) is 12.6. The lowest BCUT2D eigenvalue weighted by Crippen LogP contribution is -2.30. The van der Waals surface area contributed by atoms with Crippen molar-refractivity contribution in [2.45, 2.75) is 26.7 Å². The Morgan fingerprint density at radius 2 is 1.76 bits per heavy atom. The van der Waals surface area contributed by atoms with E-state index >= 15 is 0 Å². The van der Waals surface area contributed by atoms with Crippen LogP contribution < -0.4 is 10.6 Å². The highest BCUT2D eigenvalue weighted by Gasteiger charge is 2.04. The number of urea groups is 1. The lowest BCUT2D eigenvalue weighted by atomic mass is 10.1. The summed E-state index contributed by atoms with van der Waals surface area (Å²) in [6.07, 6.45) is 1.91. The molecule has 2 aromatic rings. The smallest absolute Gasteiger partial charge is 0.319 e. The fourth-order valence-corrected chi connectivity index (χ4v) is 2.19. The minimum absolute atomic E-state index is 0.142. The van der Waals surface area contributed by atoms with Crippen molar-refractivity contribution in [3.63, 3.8) is 0 Å². The Hall–Kier alpha value is -2.29. The second-order valence-corrected chi connectivity index (χ2v) is 5.22. The van der Waals surface area contributed by atoms with Gasteiger partial charge >= 0.3 is 6.03 Å². The highest BCUT2D eigenvalue weighted by Crippen LogP contribution is 2.17. The van der Waals surface area contributed by atoms with Crippen LogP contribution in [0.1, 0.15) is 23.1 Å². The molecule has 0 atom stereocenters. The molecule has 0 saturated carbocycles. The molecular weight excluding hydrogens is 260 g/mol. The molecule has 2 aromatic carbocycles. The Labute approximate surface area is 126 Å². The van der Waals surface area contributed by atoms with E-state index in [2.05, 4.69) is 22.8 Å². The summed E-state index contributed by atoms with van der Waals surface area (Å²) in [5.41, 5.74) is 4.46. The van der Waals surface area contributed by atoms with Gasteiger partial charge in [-0.25, -0.2) is 4.79 Å². The van der Waals surface area contributed by atoms with Gasteiger partial charge in [-0.15, -0.1) is 0 Å². The molecule has 0 unspecified atom stereocenters. The fourth-order valence-electron chi connectivity index (χ4n) is 2.19. The Kier molecular flexibility index (Phi) is 5.38. The Bertz CT molecular complexity index is 593. The molecule has 0 radical (unpaired) electrons. The minimum Gasteiger partial charge on any atom is -0.338 e. The third-order valence-corrected chi connectivity index (χ3v) is 3.62. The molecule has 0 spiro atoms. The van der Waals surface area contributed by atoms with Crippen molar-refractivity contribution in [3.8, 4) is 0 Å². The zero-order valence-electron chi connectivity index (χ0n) is 12.6. The van der Waals surface area contributed by atoms with E-state index in [9.17, 15) is 4.79 Å². The third-order valence-electron chi connectivity index (χ3n) is 3.62. The van der Waals surface area contributed by atoms with Crippen LogP contribution in [0.3, 0.4) is 0 Å². The number of nitrogens with one attached hydrogen (secondary N) is 2. The van der Waals surface area contributed by atoms with E-state index in [-0.39, 0.29) is 6.03 Å². The van der Waals surface area contributed by atoms with Crippen molar-refractivity contribution in [3.05, 3.63) is 65.2 Å². The van der Waals surface area contributed by atoms with Crippen LogP contribution in [-0.2, 0) is 6.42 Å². The summed E-state index contributed by atoms with van der Waals surface area (Å²) in [5.74, 6) is 0. The van der Waals surface area contributed by atoms with E-state index in [1.807, 2.05) is 50.2 Å². The Morgan fingerprint density at radius 1 is 1.00 bits per heavy atom. The zero-order chi connectivity index (χ0) is 15.1. The molecule has 3 nitrogen and oxygen atoms in total. The van der Waals surface area contributed by atoms with Crippen LogP contribution in [0.2, 0.25) is 0 Å². The lowest BCUT2D eigenvalue weighted by Gasteiger charge is -2.11. The molecule has 21 heavy (non-hydrogen) atoms. The molecule has 0 fully saturated rings. The highest BCUT2D eigenvalue weighted by molar-refractivity contribution is 5.90. The first kappa shape index (κ1) is 15.1. The van der Waals surface area contributed by atoms with Gasteiger partial charge in [0, 0.05) is 12.2 Å². The topological polar surface area (TPSA) is 41.1 Å². The maximum atomic E-state index is 11.9. The number of rotatable bonds is 5. The summed E-state index contributed by atoms with van der Waals surface area (Å²) in [6, 6.07) is 16.1. The molecular formula is C18H22N2O. The average Bonchev–Trinajstić information content (AvgIpc) is 2.49. The van der Waals surface area contributed by atoms with Gasteiger partial charge in [-0.1, -0.05) is 42.5 Å². The first-order valence-electron chi connectivity index (χ1n) is 7.32. The Balaban J connectivity index is 1.74. The van der Waals surface area contributed by atoms with Crippen molar-refractivity contribution in [1.29, 1.82) is 0 Å². The number of hydrogen-bond acceptors (Lipinski definition) is 1. The predicted molar refractivity (Wildman–Crippen MR) is 87.7 cm³/mol. The van der Waals surface area contributed by atoms with Crippen LogP contribution in [0, 0.1) is 13.8 Å². The van der Waals surface area contributed by atoms with Crippen molar-refractivity contribution < 1.29 is 4.79 Å². The van der Waals surface area contributed by atoms with Gasteiger partial charge in [-0.3, -0.25) is 0 Å². The number of carbonyl (C=O) groups is 1. The van der Waals surface area contributed by atoms with E-state index < -0.39 is 0 Å². The van der Waals surface area contributed by atoms with Crippen molar-refractivity contribution in [1.82, 2.24) is 5.32 Å².